The maximum Gasteiger partial charge on any atom is 0.340 e. The number of aryl methyl sites for hydroxylation is 1. The van der Waals surface area contributed by atoms with Crippen molar-refractivity contribution in [2.75, 3.05) is 12.8 Å². The van der Waals surface area contributed by atoms with Crippen LogP contribution in [0.3, 0.4) is 0 Å². The number of nitrogens with zero attached hydrogens (tertiary/aromatic N) is 1. The molecular weight excluding hydrogens is 200 g/mol. The summed E-state index contributed by atoms with van der Waals surface area (Å²) in [4.78, 5) is 21.2. The maximum absolute atomic E-state index is 11.2. The lowest BCUT2D eigenvalue weighted by atomic mass is 10.1. The minimum Gasteiger partial charge on any atom is -0.465 e. The van der Waals surface area contributed by atoms with Crippen LogP contribution < -0.4 is 5.73 Å². The first-order valence-electron chi connectivity index (χ1n) is 4.10. The summed E-state index contributed by atoms with van der Waals surface area (Å²) in [5, 5.41) is 10.6. The Morgan fingerprint density at radius 3 is 2.60 bits per heavy atom. The number of benzene rings is 1. The van der Waals surface area contributed by atoms with Gasteiger partial charge < -0.3 is 10.5 Å². The van der Waals surface area contributed by atoms with E-state index in [-0.39, 0.29) is 16.9 Å². The predicted molar refractivity (Wildman–Crippen MR) is 53.6 cm³/mol. The molecule has 0 aliphatic heterocycles. The molecule has 6 nitrogen and oxygen atoms in total. The van der Waals surface area contributed by atoms with Crippen LogP contribution in [0, 0.1) is 17.0 Å². The van der Waals surface area contributed by atoms with Crippen LogP contribution in [0.1, 0.15) is 15.9 Å². The van der Waals surface area contributed by atoms with E-state index in [0.29, 0.717) is 5.56 Å². The van der Waals surface area contributed by atoms with Crippen molar-refractivity contribution in [2.24, 2.45) is 0 Å². The first-order valence-corrected chi connectivity index (χ1v) is 4.10. The topological polar surface area (TPSA) is 95.5 Å². The second-order valence-electron chi connectivity index (χ2n) is 2.97. The van der Waals surface area contributed by atoms with Gasteiger partial charge >= 0.3 is 5.97 Å². The Labute approximate surface area is 85.8 Å². The van der Waals surface area contributed by atoms with Crippen molar-refractivity contribution in [1.29, 1.82) is 0 Å². The van der Waals surface area contributed by atoms with Crippen LogP contribution in [0.15, 0.2) is 12.1 Å². The molecule has 0 radical (unpaired) electrons. The average Bonchev–Trinajstić information content (AvgIpc) is 2.16. The molecule has 1 aromatic rings. The van der Waals surface area contributed by atoms with Gasteiger partial charge in [-0.2, -0.15) is 0 Å². The van der Waals surface area contributed by atoms with Crippen LogP contribution in [-0.2, 0) is 4.74 Å². The number of esters is 1. The van der Waals surface area contributed by atoms with Gasteiger partial charge in [-0.05, 0) is 13.0 Å². The van der Waals surface area contributed by atoms with Crippen LogP contribution in [0.25, 0.3) is 0 Å². The number of hydrogen-bond acceptors (Lipinski definition) is 5. The third-order valence-corrected chi connectivity index (χ3v) is 1.97. The summed E-state index contributed by atoms with van der Waals surface area (Å²) in [6.45, 7) is 1.55. The molecule has 0 unspecified atom stereocenters. The lowest BCUT2D eigenvalue weighted by Gasteiger charge is -2.05. The second-order valence-corrected chi connectivity index (χ2v) is 2.97. The fourth-order valence-electron chi connectivity index (χ4n) is 1.20. The van der Waals surface area contributed by atoms with Crippen molar-refractivity contribution in [3.63, 3.8) is 0 Å². The summed E-state index contributed by atoms with van der Waals surface area (Å²) < 4.78 is 4.45. The Hall–Kier alpha value is -2.11. The summed E-state index contributed by atoms with van der Waals surface area (Å²) in [7, 11) is 1.19. The van der Waals surface area contributed by atoms with Gasteiger partial charge in [0.05, 0.1) is 17.6 Å². The molecule has 0 amide bonds. The Bertz CT molecular complexity index is 428. The Kier molecular flexibility index (Phi) is 2.89. The normalized spacial score (nSPS) is 9.73. The van der Waals surface area contributed by atoms with Crippen molar-refractivity contribution in [3.05, 3.63) is 33.4 Å². The number of hydrogen-bond donors (Lipinski definition) is 1. The fraction of sp³-hybridized carbons (Fsp3) is 0.222. The molecule has 15 heavy (non-hydrogen) atoms. The highest BCUT2D eigenvalue weighted by Gasteiger charge is 2.18. The molecule has 0 bridgehead atoms. The summed E-state index contributed by atoms with van der Waals surface area (Å²) in [6, 6.07) is 2.50. The van der Waals surface area contributed by atoms with Crippen molar-refractivity contribution >= 4 is 17.3 Å². The van der Waals surface area contributed by atoms with Gasteiger partial charge in [-0.25, -0.2) is 4.79 Å². The zero-order valence-corrected chi connectivity index (χ0v) is 8.31. The largest absolute Gasteiger partial charge is 0.465 e. The highest BCUT2D eigenvalue weighted by molar-refractivity contribution is 5.96. The summed E-state index contributed by atoms with van der Waals surface area (Å²) in [6.07, 6.45) is 0. The summed E-state index contributed by atoms with van der Waals surface area (Å²) in [5.41, 5.74) is 5.98. The van der Waals surface area contributed by atoms with E-state index in [2.05, 4.69) is 4.74 Å². The van der Waals surface area contributed by atoms with E-state index in [1.807, 2.05) is 0 Å². The number of methoxy groups -OCH3 is 1. The van der Waals surface area contributed by atoms with Crippen LogP contribution in [-0.4, -0.2) is 18.0 Å². The molecular formula is C9H10N2O4. The van der Waals surface area contributed by atoms with Gasteiger partial charge in [0.25, 0.3) is 5.69 Å². The second kappa shape index (κ2) is 3.95. The molecule has 1 aromatic carbocycles. The van der Waals surface area contributed by atoms with Crippen molar-refractivity contribution in [2.45, 2.75) is 6.92 Å². The number of nitro groups is 1. The molecule has 0 heterocycles. The van der Waals surface area contributed by atoms with Gasteiger partial charge in [0, 0.05) is 17.3 Å². The third kappa shape index (κ3) is 2.04. The monoisotopic (exact) mass is 210 g/mol. The van der Waals surface area contributed by atoms with Crippen molar-refractivity contribution in [1.82, 2.24) is 0 Å². The molecule has 6 heteroatoms. The quantitative estimate of drug-likeness (QED) is 0.343. The number of nitrogens with two attached hydrogens (primary N) is 1. The number of anilines is 1. The van der Waals surface area contributed by atoms with Crippen LogP contribution in [0.4, 0.5) is 11.4 Å². The van der Waals surface area contributed by atoms with Crippen LogP contribution in [0.2, 0.25) is 0 Å². The van der Waals surface area contributed by atoms with Crippen molar-refractivity contribution in [3.8, 4) is 0 Å². The molecule has 0 aromatic heterocycles. The summed E-state index contributed by atoms with van der Waals surface area (Å²) >= 11 is 0. The predicted octanol–water partition coefficient (Wildman–Crippen LogP) is 1.27. The number of nitro benzene ring substituents is 1. The van der Waals surface area contributed by atoms with Gasteiger partial charge in [0.1, 0.15) is 0 Å². The Balaban J connectivity index is 3.36. The lowest BCUT2D eigenvalue weighted by Crippen LogP contribution is -2.07. The van der Waals surface area contributed by atoms with Gasteiger partial charge in [-0.15, -0.1) is 0 Å². The van der Waals surface area contributed by atoms with Crippen LogP contribution in [0.5, 0.6) is 0 Å². The SMILES string of the molecule is COC(=O)c1cc([N+](=O)[O-])c(C)cc1N. The molecule has 0 fully saturated rings. The maximum atomic E-state index is 11.2. The zero-order valence-electron chi connectivity index (χ0n) is 8.31. The molecule has 2 N–H and O–H groups in total. The number of ether oxygens (including phenoxy) is 1. The molecule has 0 aliphatic rings. The van der Waals surface area contributed by atoms with E-state index in [9.17, 15) is 14.9 Å². The number of rotatable bonds is 2. The molecule has 0 spiro atoms. The van der Waals surface area contributed by atoms with E-state index in [1.165, 1.54) is 13.2 Å². The van der Waals surface area contributed by atoms with E-state index < -0.39 is 10.9 Å². The van der Waals surface area contributed by atoms with Gasteiger partial charge in [-0.3, -0.25) is 10.1 Å². The third-order valence-electron chi connectivity index (χ3n) is 1.97. The minimum absolute atomic E-state index is 0.00907. The fourth-order valence-corrected chi connectivity index (χ4v) is 1.20. The van der Waals surface area contributed by atoms with E-state index in [0.717, 1.165) is 6.07 Å². The molecule has 0 atom stereocenters. The standard InChI is InChI=1S/C9H10N2O4/c1-5-3-7(10)6(9(12)15-2)4-8(5)11(13)14/h3-4H,10H2,1-2H3. The van der Waals surface area contributed by atoms with Crippen LogP contribution >= 0.6 is 0 Å². The van der Waals surface area contributed by atoms with E-state index >= 15 is 0 Å². The molecule has 0 saturated carbocycles. The number of carbonyl (C=O) groups excluding carboxylic acids is 1. The first-order chi connectivity index (χ1) is 6.97. The van der Waals surface area contributed by atoms with Gasteiger partial charge in [-0.1, -0.05) is 0 Å². The smallest absolute Gasteiger partial charge is 0.340 e. The first kappa shape index (κ1) is 11.0. The lowest BCUT2D eigenvalue weighted by molar-refractivity contribution is -0.385. The van der Waals surface area contributed by atoms with Gasteiger partial charge in [0.15, 0.2) is 0 Å². The van der Waals surface area contributed by atoms with Gasteiger partial charge in [0.2, 0.25) is 0 Å². The number of nitrogen functional groups attached to an aromatic ring is 1. The average molecular weight is 210 g/mol. The molecule has 1 rings (SSSR count). The highest BCUT2D eigenvalue weighted by atomic mass is 16.6. The minimum atomic E-state index is -0.685. The highest BCUT2D eigenvalue weighted by Crippen LogP contribution is 2.24. The van der Waals surface area contributed by atoms with E-state index in [4.69, 9.17) is 5.73 Å². The van der Waals surface area contributed by atoms with Crippen molar-refractivity contribution < 1.29 is 14.5 Å². The summed E-state index contributed by atoms with van der Waals surface area (Å²) in [5.74, 6) is -0.685. The number of carbonyl (C=O) groups is 1. The Morgan fingerprint density at radius 2 is 2.13 bits per heavy atom. The molecule has 0 saturated heterocycles. The Morgan fingerprint density at radius 1 is 1.53 bits per heavy atom. The van der Waals surface area contributed by atoms with E-state index in [1.54, 1.807) is 6.92 Å². The molecule has 80 valence electrons. The molecule has 0 aliphatic carbocycles. The zero-order chi connectivity index (χ0) is 11.6.